The zero-order valence-corrected chi connectivity index (χ0v) is 8.10. The van der Waals surface area contributed by atoms with Gasteiger partial charge < -0.3 is 10.4 Å². The molecule has 0 unspecified atom stereocenters. The Morgan fingerprint density at radius 3 is 2.93 bits per heavy atom. The summed E-state index contributed by atoms with van der Waals surface area (Å²) in [6.07, 6.45) is 5.28. The molecule has 3 heteroatoms. The summed E-state index contributed by atoms with van der Waals surface area (Å²) >= 11 is 0. The van der Waals surface area contributed by atoms with Crippen LogP contribution < -0.4 is 5.32 Å². The molecule has 3 nitrogen and oxygen atoms in total. The molecule has 2 N–H and O–H groups in total. The number of carboxylic acids is 1. The van der Waals surface area contributed by atoms with E-state index in [0.29, 0.717) is 12.1 Å². The number of anilines is 1. The van der Waals surface area contributed by atoms with E-state index in [0.717, 1.165) is 11.3 Å². The zero-order valence-electron chi connectivity index (χ0n) is 8.10. The van der Waals surface area contributed by atoms with Crippen molar-refractivity contribution in [3.63, 3.8) is 0 Å². The lowest BCUT2D eigenvalue weighted by atomic mass is 10.1. The minimum atomic E-state index is -0.883. The maximum atomic E-state index is 10.8. The monoisotopic (exact) mass is 201 g/mol. The van der Waals surface area contributed by atoms with E-state index in [9.17, 15) is 4.79 Å². The van der Waals surface area contributed by atoms with Gasteiger partial charge in [0.15, 0.2) is 0 Å². The molecule has 0 amide bonds. The van der Waals surface area contributed by atoms with Crippen LogP contribution in [0.4, 0.5) is 5.69 Å². The van der Waals surface area contributed by atoms with Crippen molar-refractivity contribution in [2.45, 2.75) is 0 Å². The van der Waals surface area contributed by atoms with E-state index in [2.05, 4.69) is 5.32 Å². The van der Waals surface area contributed by atoms with Crippen LogP contribution in [0.25, 0.3) is 6.08 Å². The number of para-hydroxylation sites is 1. The van der Waals surface area contributed by atoms with Crippen molar-refractivity contribution in [1.82, 2.24) is 0 Å². The summed E-state index contributed by atoms with van der Waals surface area (Å²) in [5, 5.41) is 12.0. The molecule has 0 aromatic heterocycles. The Morgan fingerprint density at radius 1 is 1.33 bits per heavy atom. The summed E-state index contributed by atoms with van der Waals surface area (Å²) in [7, 11) is 0. The number of benzene rings is 1. The van der Waals surface area contributed by atoms with Crippen LogP contribution in [0.15, 0.2) is 42.0 Å². The summed E-state index contributed by atoms with van der Waals surface area (Å²) in [4.78, 5) is 10.8. The fourth-order valence-corrected chi connectivity index (χ4v) is 1.47. The van der Waals surface area contributed by atoms with Crippen LogP contribution in [0, 0.1) is 0 Å². The molecule has 15 heavy (non-hydrogen) atoms. The highest BCUT2D eigenvalue weighted by molar-refractivity contribution is 5.89. The Hall–Kier alpha value is -2.03. The molecular weight excluding hydrogens is 190 g/mol. The third-order valence-electron chi connectivity index (χ3n) is 2.28. The van der Waals surface area contributed by atoms with E-state index in [-0.39, 0.29) is 0 Å². The van der Waals surface area contributed by atoms with Crippen LogP contribution in [-0.2, 0) is 4.79 Å². The molecule has 0 saturated carbocycles. The first-order valence-corrected chi connectivity index (χ1v) is 4.71. The quantitative estimate of drug-likeness (QED) is 0.731. The van der Waals surface area contributed by atoms with Crippen LogP contribution in [-0.4, -0.2) is 17.6 Å². The summed E-state index contributed by atoms with van der Waals surface area (Å²) in [5.74, 6) is -0.883. The van der Waals surface area contributed by atoms with Crippen LogP contribution in [0.3, 0.4) is 0 Å². The molecule has 0 radical (unpaired) electrons. The summed E-state index contributed by atoms with van der Waals surface area (Å²) < 4.78 is 0. The number of hydrogen-bond acceptors (Lipinski definition) is 2. The molecule has 76 valence electrons. The van der Waals surface area contributed by atoms with Crippen molar-refractivity contribution in [3.05, 3.63) is 47.6 Å². The second-order valence-electron chi connectivity index (χ2n) is 3.30. The Balaban J connectivity index is 2.34. The minimum absolute atomic E-state index is 0.344. The third-order valence-corrected chi connectivity index (χ3v) is 2.28. The number of allylic oxidation sites excluding steroid dienone is 2. The highest BCUT2D eigenvalue weighted by Crippen LogP contribution is 2.18. The molecule has 1 aliphatic rings. The lowest BCUT2D eigenvalue weighted by molar-refractivity contribution is -0.132. The second-order valence-corrected chi connectivity index (χ2v) is 3.30. The molecule has 1 aromatic rings. The molecule has 0 saturated heterocycles. The van der Waals surface area contributed by atoms with Crippen molar-refractivity contribution in [2.24, 2.45) is 0 Å². The molecule has 0 fully saturated rings. The molecule has 0 aliphatic carbocycles. The number of aliphatic carboxylic acids is 1. The Labute approximate surface area is 87.7 Å². The van der Waals surface area contributed by atoms with E-state index >= 15 is 0 Å². The lowest BCUT2D eigenvalue weighted by Crippen LogP contribution is -2.13. The molecule has 1 heterocycles. The van der Waals surface area contributed by atoms with Crippen molar-refractivity contribution in [1.29, 1.82) is 0 Å². The second kappa shape index (κ2) is 4.00. The van der Waals surface area contributed by atoms with Crippen LogP contribution >= 0.6 is 0 Å². The molecule has 1 aliphatic heterocycles. The van der Waals surface area contributed by atoms with E-state index in [1.807, 2.05) is 30.3 Å². The van der Waals surface area contributed by atoms with Gasteiger partial charge in [0.05, 0.1) is 5.57 Å². The van der Waals surface area contributed by atoms with Crippen molar-refractivity contribution in [3.8, 4) is 0 Å². The molecule has 2 rings (SSSR count). The number of carboxylic acid groups (broad SMARTS) is 1. The SMILES string of the molecule is O=C(O)C1=CC=Cc2ccccc2NC1. The number of rotatable bonds is 1. The van der Waals surface area contributed by atoms with Gasteiger partial charge in [0.1, 0.15) is 0 Å². The number of carbonyl (C=O) groups is 1. The Bertz CT molecular complexity index is 447. The average Bonchev–Trinajstić information content (AvgIpc) is 2.18. The van der Waals surface area contributed by atoms with Gasteiger partial charge in [-0.25, -0.2) is 4.79 Å². The van der Waals surface area contributed by atoms with Gasteiger partial charge in [-0.3, -0.25) is 0 Å². The fourth-order valence-electron chi connectivity index (χ4n) is 1.47. The first kappa shape index (κ1) is 9.52. The van der Waals surface area contributed by atoms with Gasteiger partial charge in [0.25, 0.3) is 0 Å². The highest BCUT2D eigenvalue weighted by atomic mass is 16.4. The fraction of sp³-hybridized carbons (Fsp3) is 0.0833. The summed E-state index contributed by atoms with van der Waals surface area (Å²) in [6, 6.07) is 7.79. The molecule has 0 atom stereocenters. The van der Waals surface area contributed by atoms with Gasteiger partial charge in [0.2, 0.25) is 0 Å². The number of fused-ring (bicyclic) bond motifs is 1. The van der Waals surface area contributed by atoms with Crippen LogP contribution in [0.2, 0.25) is 0 Å². The molecule has 0 spiro atoms. The van der Waals surface area contributed by atoms with Crippen LogP contribution in [0.1, 0.15) is 5.56 Å². The highest BCUT2D eigenvalue weighted by Gasteiger charge is 2.08. The van der Waals surface area contributed by atoms with Crippen molar-refractivity contribution < 1.29 is 9.90 Å². The molecular formula is C12H11NO2. The standard InChI is InChI=1S/C12H11NO2/c14-12(15)10-6-3-5-9-4-1-2-7-11(9)13-8-10/h1-7,13H,8H2,(H,14,15). The lowest BCUT2D eigenvalue weighted by Gasteiger charge is -2.11. The molecule has 0 bridgehead atoms. The third kappa shape index (κ3) is 2.07. The average molecular weight is 201 g/mol. The predicted molar refractivity (Wildman–Crippen MR) is 59.7 cm³/mol. The largest absolute Gasteiger partial charge is 0.478 e. The topological polar surface area (TPSA) is 49.3 Å². The zero-order chi connectivity index (χ0) is 10.7. The normalized spacial score (nSPS) is 14.3. The number of hydrogen-bond donors (Lipinski definition) is 2. The van der Waals surface area contributed by atoms with Gasteiger partial charge in [-0.2, -0.15) is 0 Å². The first-order chi connectivity index (χ1) is 7.27. The minimum Gasteiger partial charge on any atom is -0.478 e. The van der Waals surface area contributed by atoms with E-state index < -0.39 is 5.97 Å². The maximum Gasteiger partial charge on any atom is 0.333 e. The number of nitrogens with one attached hydrogen (secondary N) is 1. The summed E-state index contributed by atoms with van der Waals surface area (Å²) in [5.41, 5.74) is 2.39. The van der Waals surface area contributed by atoms with E-state index in [4.69, 9.17) is 5.11 Å². The van der Waals surface area contributed by atoms with Gasteiger partial charge in [0, 0.05) is 12.2 Å². The Kier molecular flexibility index (Phi) is 2.54. The van der Waals surface area contributed by atoms with Gasteiger partial charge in [-0.1, -0.05) is 30.4 Å². The van der Waals surface area contributed by atoms with E-state index in [1.165, 1.54) is 0 Å². The van der Waals surface area contributed by atoms with Gasteiger partial charge in [-0.05, 0) is 17.7 Å². The van der Waals surface area contributed by atoms with Gasteiger partial charge in [-0.15, -0.1) is 0 Å². The maximum absolute atomic E-state index is 10.8. The Morgan fingerprint density at radius 2 is 2.13 bits per heavy atom. The van der Waals surface area contributed by atoms with Crippen LogP contribution in [0.5, 0.6) is 0 Å². The molecule has 1 aromatic carbocycles. The van der Waals surface area contributed by atoms with Crippen molar-refractivity contribution in [2.75, 3.05) is 11.9 Å². The smallest absolute Gasteiger partial charge is 0.333 e. The van der Waals surface area contributed by atoms with Gasteiger partial charge >= 0.3 is 5.97 Å². The first-order valence-electron chi connectivity index (χ1n) is 4.71. The van der Waals surface area contributed by atoms with Crippen molar-refractivity contribution >= 4 is 17.7 Å². The predicted octanol–water partition coefficient (Wildman–Crippen LogP) is 2.14. The summed E-state index contributed by atoms with van der Waals surface area (Å²) in [6.45, 7) is 0.344. The van der Waals surface area contributed by atoms with E-state index in [1.54, 1.807) is 12.2 Å².